The maximum Gasteiger partial charge on any atom is 0.280 e. The van der Waals surface area contributed by atoms with Gasteiger partial charge in [0, 0.05) is 25.5 Å². The number of hydrogen-bond acceptors (Lipinski definition) is 3. The molecule has 0 aliphatic rings. The van der Waals surface area contributed by atoms with Crippen LogP contribution in [-0.4, -0.2) is 35.8 Å². The Hall–Kier alpha value is -0.920. The maximum absolute atomic E-state index is 12.0. The molecule has 1 aromatic rings. The second-order valence-corrected chi connectivity index (χ2v) is 5.93. The highest BCUT2D eigenvalue weighted by Gasteiger charge is 2.25. The first-order valence-corrected chi connectivity index (χ1v) is 7.07. The van der Waals surface area contributed by atoms with Gasteiger partial charge in [-0.1, -0.05) is 6.92 Å². The minimum absolute atomic E-state index is 0.0818. The van der Waals surface area contributed by atoms with Crippen LogP contribution in [0.1, 0.15) is 39.1 Å². The second kappa shape index (κ2) is 5.61. The molecule has 0 radical (unpaired) electrons. The molecule has 1 heterocycles. The van der Waals surface area contributed by atoms with Crippen LogP contribution in [0.5, 0.6) is 0 Å². The third-order valence-electron chi connectivity index (χ3n) is 2.66. The summed E-state index contributed by atoms with van der Waals surface area (Å²) in [5.41, 5.74) is 0. The zero-order valence-corrected chi connectivity index (χ0v) is 11.5. The van der Waals surface area contributed by atoms with Crippen LogP contribution < -0.4 is 4.72 Å². The molecule has 1 aromatic heterocycles. The van der Waals surface area contributed by atoms with Crippen molar-refractivity contribution in [2.24, 2.45) is 0 Å². The lowest BCUT2D eigenvalue weighted by atomic mass is 10.2. The molecule has 0 saturated heterocycles. The summed E-state index contributed by atoms with van der Waals surface area (Å²) in [6.45, 7) is 5.56. The van der Waals surface area contributed by atoms with Gasteiger partial charge < -0.3 is 4.98 Å². The SMILES string of the molecule is CCC(NS(=O)(=O)N(C)C(C)C)c1ncc[nH]1. The van der Waals surface area contributed by atoms with Crippen LogP contribution in [0.3, 0.4) is 0 Å². The molecule has 0 saturated carbocycles. The van der Waals surface area contributed by atoms with Crippen molar-refractivity contribution >= 4 is 10.2 Å². The number of rotatable bonds is 6. The summed E-state index contributed by atoms with van der Waals surface area (Å²) in [5.74, 6) is 0.633. The Morgan fingerprint density at radius 1 is 1.53 bits per heavy atom. The van der Waals surface area contributed by atoms with Gasteiger partial charge in [-0.2, -0.15) is 17.4 Å². The van der Waals surface area contributed by atoms with E-state index in [0.717, 1.165) is 0 Å². The van der Waals surface area contributed by atoms with Crippen molar-refractivity contribution in [2.75, 3.05) is 7.05 Å². The van der Waals surface area contributed by atoms with Gasteiger partial charge in [0.1, 0.15) is 5.82 Å². The standard InChI is InChI=1S/C10H20N4O2S/c1-5-9(10-11-6-7-12-10)13-17(15,16)14(4)8(2)3/h6-9,13H,5H2,1-4H3,(H,11,12). The molecule has 1 unspecified atom stereocenters. The lowest BCUT2D eigenvalue weighted by Gasteiger charge is -2.24. The first-order valence-electron chi connectivity index (χ1n) is 5.63. The first-order chi connectivity index (χ1) is 7.88. The van der Waals surface area contributed by atoms with E-state index in [9.17, 15) is 8.42 Å². The summed E-state index contributed by atoms with van der Waals surface area (Å²) in [6, 6.07) is -0.405. The molecule has 0 aromatic carbocycles. The molecule has 6 nitrogen and oxygen atoms in total. The van der Waals surface area contributed by atoms with Crippen LogP contribution in [0.2, 0.25) is 0 Å². The Morgan fingerprint density at radius 3 is 2.59 bits per heavy atom. The van der Waals surface area contributed by atoms with Crippen LogP contribution in [0, 0.1) is 0 Å². The van der Waals surface area contributed by atoms with Crippen LogP contribution in [0.25, 0.3) is 0 Å². The highest BCUT2D eigenvalue weighted by molar-refractivity contribution is 7.87. The molecule has 17 heavy (non-hydrogen) atoms. The van der Waals surface area contributed by atoms with E-state index in [1.165, 1.54) is 4.31 Å². The van der Waals surface area contributed by atoms with Gasteiger partial charge in [-0.05, 0) is 20.3 Å². The van der Waals surface area contributed by atoms with E-state index in [2.05, 4.69) is 14.7 Å². The molecular formula is C10H20N4O2S. The average Bonchev–Trinajstić information content (AvgIpc) is 2.78. The predicted molar refractivity (Wildman–Crippen MR) is 66.6 cm³/mol. The summed E-state index contributed by atoms with van der Waals surface area (Å²) < 4.78 is 28.0. The first kappa shape index (κ1) is 14.1. The van der Waals surface area contributed by atoms with E-state index in [1.54, 1.807) is 19.4 Å². The number of nitrogens with zero attached hydrogens (tertiary/aromatic N) is 2. The smallest absolute Gasteiger partial charge is 0.280 e. The number of hydrogen-bond donors (Lipinski definition) is 2. The Bertz CT molecular complexity index is 427. The van der Waals surface area contributed by atoms with Gasteiger partial charge in [0.25, 0.3) is 10.2 Å². The van der Waals surface area contributed by atoms with Crippen molar-refractivity contribution in [1.29, 1.82) is 0 Å². The Kier molecular flexibility index (Phi) is 4.67. The maximum atomic E-state index is 12.0. The van der Waals surface area contributed by atoms with Gasteiger partial charge in [0.05, 0.1) is 6.04 Å². The van der Waals surface area contributed by atoms with Crippen molar-refractivity contribution in [2.45, 2.75) is 39.3 Å². The summed E-state index contributed by atoms with van der Waals surface area (Å²) in [5, 5.41) is 0. The minimum Gasteiger partial charge on any atom is -0.347 e. The zero-order chi connectivity index (χ0) is 13.1. The number of imidazole rings is 1. The van der Waals surface area contributed by atoms with Crippen molar-refractivity contribution in [3.05, 3.63) is 18.2 Å². The molecule has 98 valence electrons. The number of aromatic nitrogens is 2. The van der Waals surface area contributed by atoms with E-state index < -0.39 is 10.2 Å². The summed E-state index contributed by atoms with van der Waals surface area (Å²) in [6.07, 6.45) is 3.93. The molecule has 0 aliphatic carbocycles. The zero-order valence-electron chi connectivity index (χ0n) is 10.6. The van der Waals surface area contributed by atoms with Gasteiger partial charge >= 0.3 is 0 Å². The second-order valence-electron chi connectivity index (χ2n) is 4.17. The lowest BCUT2D eigenvalue weighted by Crippen LogP contribution is -2.43. The van der Waals surface area contributed by atoms with Crippen molar-refractivity contribution in [1.82, 2.24) is 19.0 Å². The van der Waals surface area contributed by atoms with Crippen molar-refractivity contribution < 1.29 is 8.42 Å². The van der Waals surface area contributed by atoms with Crippen LogP contribution >= 0.6 is 0 Å². The van der Waals surface area contributed by atoms with Crippen LogP contribution in [0.15, 0.2) is 12.4 Å². The van der Waals surface area contributed by atoms with Crippen molar-refractivity contribution in [3.8, 4) is 0 Å². The average molecular weight is 260 g/mol. The monoisotopic (exact) mass is 260 g/mol. The normalized spacial score (nSPS) is 14.5. The number of aromatic amines is 1. The highest BCUT2D eigenvalue weighted by atomic mass is 32.2. The topological polar surface area (TPSA) is 78.1 Å². The number of nitrogens with one attached hydrogen (secondary N) is 2. The van der Waals surface area contributed by atoms with E-state index in [0.29, 0.717) is 12.2 Å². The van der Waals surface area contributed by atoms with Gasteiger partial charge in [-0.25, -0.2) is 4.98 Å². The summed E-state index contributed by atoms with van der Waals surface area (Å²) >= 11 is 0. The molecule has 1 atom stereocenters. The fourth-order valence-corrected chi connectivity index (χ4v) is 2.70. The third kappa shape index (κ3) is 3.52. The third-order valence-corrected chi connectivity index (χ3v) is 4.42. The van der Waals surface area contributed by atoms with Crippen LogP contribution in [0.4, 0.5) is 0 Å². The van der Waals surface area contributed by atoms with Gasteiger partial charge in [0.2, 0.25) is 0 Å². The fourth-order valence-electron chi connectivity index (χ4n) is 1.34. The quantitative estimate of drug-likeness (QED) is 0.802. The Balaban J connectivity index is 2.82. The molecule has 0 fully saturated rings. The molecule has 7 heteroatoms. The van der Waals surface area contributed by atoms with E-state index in [1.807, 2.05) is 20.8 Å². The summed E-state index contributed by atoms with van der Waals surface area (Å²) in [7, 11) is -1.92. The van der Waals surface area contributed by atoms with Gasteiger partial charge in [0.15, 0.2) is 0 Å². The van der Waals surface area contributed by atoms with Gasteiger partial charge in [-0.3, -0.25) is 0 Å². The van der Waals surface area contributed by atoms with E-state index in [-0.39, 0.29) is 12.1 Å². The Morgan fingerprint density at radius 2 is 2.18 bits per heavy atom. The molecule has 0 spiro atoms. The van der Waals surface area contributed by atoms with E-state index in [4.69, 9.17) is 0 Å². The minimum atomic E-state index is -3.47. The summed E-state index contributed by atoms with van der Waals surface area (Å²) in [4.78, 5) is 7.00. The predicted octanol–water partition coefficient (Wildman–Crippen LogP) is 1.04. The molecule has 1 rings (SSSR count). The molecular weight excluding hydrogens is 240 g/mol. The van der Waals surface area contributed by atoms with E-state index >= 15 is 0 Å². The number of H-pyrrole nitrogens is 1. The molecule has 0 aliphatic heterocycles. The van der Waals surface area contributed by atoms with Gasteiger partial charge in [-0.15, -0.1) is 0 Å². The molecule has 0 amide bonds. The Labute approximate surface area is 103 Å². The highest BCUT2D eigenvalue weighted by Crippen LogP contribution is 2.14. The van der Waals surface area contributed by atoms with Crippen molar-refractivity contribution in [3.63, 3.8) is 0 Å². The molecule has 2 N–H and O–H groups in total. The largest absolute Gasteiger partial charge is 0.347 e. The van der Waals surface area contributed by atoms with Crippen LogP contribution in [-0.2, 0) is 10.2 Å². The lowest BCUT2D eigenvalue weighted by molar-refractivity contribution is 0.393. The fraction of sp³-hybridized carbons (Fsp3) is 0.700. The molecule has 0 bridgehead atoms.